The largest absolute Gasteiger partial charge is 2.00 e. The van der Waals surface area contributed by atoms with Crippen LogP contribution < -0.4 is 16.4 Å². The molecule has 0 spiro atoms. The van der Waals surface area contributed by atoms with Gasteiger partial charge in [0.05, 0.1) is 0 Å². The molecule has 12 heteroatoms. The Bertz CT molecular complexity index is 407. The molecule has 126 valence electrons. The second kappa shape index (κ2) is 13.6. The molecular formula is C10H21MgN3O7S. The number of nitrogens with one attached hydrogen (secondary N) is 2. The Kier molecular flexibility index (Phi) is 15.9. The number of thiol groups is 1. The predicted molar refractivity (Wildman–Crippen MR) is 82.9 cm³/mol. The van der Waals surface area contributed by atoms with Gasteiger partial charge in [-0.3, -0.25) is 19.2 Å². The average Bonchev–Trinajstić information content (AvgIpc) is 2.38. The van der Waals surface area contributed by atoms with E-state index in [0.717, 1.165) is 0 Å². The summed E-state index contributed by atoms with van der Waals surface area (Å²) >= 11 is 3.87. The number of carboxylic acids is 2. The van der Waals surface area contributed by atoms with Crippen LogP contribution in [-0.4, -0.2) is 86.9 Å². The molecule has 0 fully saturated rings. The molecule has 0 bridgehead atoms. The number of rotatable bonds is 9. The van der Waals surface area contributed by atoms with E-state index in [4.69, 9.17) is 15.9 Å². The van der Waals surface area contributed by atoms with Gasteiger partial charge in [0, 0.05) is 12.2 Å². The van der Waals surface area contributed by atoms with Crippen molar-refractivity contribution in [2.75, 3.05) is 12.3 Å². The summed E-state index contributed by atoms with van der Waals surface area (Å²) in [7, 11) is 0. The fourth-order valence-corrected chi connectivity index (χ4v) is 1.41. The Morgan fingerprint density at radius 1 is 1.23 bits per heavy atom. The van der Waals surface area contributed by atoms with Gasteiger partial charge in [0.15, 0.2) is 0 Å². The number of hydrogen-bond acceptors (Lipinski definition) is 6. The first-order valence-electron chi connectivity index (χ1n) is 5.66. The monoisotopic (exact) mass is 351 g/mol. The topological polar surface area (TPSA) is 190 Å². The average molecular weight is 352 g/mol. The first-order chi connectivity index (χ1) is 9.27. The third kappa shape index (κ3) is 11.6. The summed E-state index contributed by atoms with van der Waals surface area (Å²) in [5.74, 6) is -3.70. The van der Waals surface area contributed by atoms with Gasteiger partial charge in [-0.05, 0) is 6.42 Å². The maximum Gasteiger partial charge on any atom is 2.00 e. The smallest absolute Gasteiger partial charge is 1.00 e. The summed E-state index contributed by atoms with van der Waals surface area (Å²) in [6.45, 7) is -0.567. The molecule has 2 amide bonds. The summed E-state index contributed by atoms with van der Waals surface area (Å²) in [6, 6.07) is -2.15. The van der Waals surface area contributed by atoms with Crippen molar-refractivity contribution >= 4 is 59.4 Å². The van der Waals surface area contributed by atoms with Crippen LogP contribution >= 0.6 is 12.6 Å². The van der Waals surface area contributed by atoms with Gasteiger partial charge in [-0.15, -0.1) is 0 Å². The summed E-state index contributed by atoms with van der Waals surface area (Å²) in [5, 5.41) is 21.4. The van der Waals surface area contributed by atoms with Crippen LogP contribution in [0.1, 0.15) is 15.7 Å². The fourth-order valence-electron chi connectivity index (χ4n) is 1.16. The third-order valence-corrected chi connectivity index (χ3v) is 2.61. The number of nitrogens with two attached hydrogens (primary N) is 1. The van der Waals surface area contributed by atoms with E-state index in [-0.39, 0.29) is 50.0 Å². The SMILES string of the molecule is N[C@@H](CCC(=O)N[C@@H](CS)C(=O)NCC(=O)O)C(=O)O.O.[H-].[H-].[Mg+2]. The van der Waals surface area contributed by atoms with Crippen LogP contribution in [0, 0.1) is 0 Å². The third-order valence-electron chi connectivity index (χ3n) is 2.25. The van der Waals surface area contributed by atoms with Crippen molar-refractivity contribution in [2.45, 2.75) is 24.9 Å². The van der Waals surface area contributed by atoms with Gasteiger partial charge < -0.3 is 34.9 Å². The number of amides is 2. The molecule has 0 heterocycles. The number of carbonyl (C=O) groups is 4. The normalized spacial score (nSPS) is 11.9. The van der Waals surface area contributed by atoms with Crippen LogP contribution in [0.5, 0.6) is 0 Å². The Morgan fingerprint density at radius 2 is 1.77 bits per heavy atom. The van der Waals surface area contributed by atoms with Crippen molar-refractivity contribution in [1.29, 1.82) is 0 Å². The standard InChI is InChI=1S/C10H17N3O6S.Mg.H2O.2H/c11-5(10(18)19)1-2-7(14)13-6(4-20)9(17)12-3-8(15)16;;;;/h5-6,20H,1-4,11H2,(H,12,17)(H,13,14)(H,15,16)(H,18,19);;1H2;;/q;+2;;2*-1/t5-,6-;;;;/m0..../s1. The van der Waals surface area contributed by atoms with Gasteiger partial charge in [-0.25, -0.2) is 0 Å². The Morgan fingerprint density at radius 3 is 2.18 bits per heavy atom. The van der Waals surface area contributed by atoms with Gasteiger partial charge in [-0.2, -0.15) is 12.6 Å². The van der Waals surface area contributed by atoms with E-state index in [1.54, 1.807) is 0 Å². The van der Waals surface area contributed by atoms with Crippen molar-refractivity contribution in [3.8, 4) is 0 Å². The molecule has 0 rings (SSSR count). The summed E-state index contributed by atoms with van der Waals surface area (Å²) < 4.78 is 0. The van der Waals surface area contributed by atoms with E-state index in [9.17, 15) is 19.2 Å². The molecule has 0 aromatic heterocycles. The van der Waals surface area contributed by atoms with E-state index in [0.29, 0.717) is 0 Å². The van der Waals surface area contributed by atoms with Crippen LogP contribution in [0.2, 0.25) is 0 Å². The molecule has 8 N–H and O–H groups in total. The quantitative estimate of drug-likeness (QED) is 0.186. The molecule has 0 aromatic carbocycles. The van der Waals surface area contributed by atoms with Gasteiger partial charge >= 0.3 is 35.0 Å². The maximum absolute atomic E-state index is 11.5. The second-order valence-electron chi connectivity index (χ2n) is 3.90. The van der Waals surface area contributed by atoms with E-state index >= 15 is 0 Å². The van der Waals surface area contributed by atoms with Crippen LogP contribution in [0.15, 0.2) is 0 Å². The van der Waals surface area contributed by atoms with Crippen molar-refractivity contribution in [1.82, 2.24) is 10.6 Å². The predicted octanol–water partition coefficient (Wildman–Crippen LogP) is -3.19. The molecule has 0 saturated carbocycles. The molecule has 0 radical (unpaired) electrons. The first-order valence-corrected chi connectivity index (χ1v) is 6.29. The van der Waals surface area contributed by atoms with E-state index in [1.807, 2.05) is 0 Å². The minimum Gasteiger partial charge on any atom is -1.00 e. The number of carbonyl (C=O) groups excluding carboxylic acids is 2. The van der Waals surface area contributed by atoms with Gasteiger partial charge in [-0.1, -0.05) is 0 Å². The molecule has 0 aliphatic carbocycles. The second-order valence-corrected chi connectivity index (χ2v) is 4.26. The molecule has 0 unspecified atom stereocenters. The molecule has 2 atom stereocenters. The zero-order valence-corrected chi connectivity index (χ0v) is 14.1. The van der Waals surface area contributed by atoms with Crippen molar-refractivity contribution in [3.63, 3.8) is 0 Å². The Balaban J connectivity index is -0.000000301. The van der Waals surface area contributed by atoms with Crippen LogP contribution in [0.4, 0.5) is 0 Å². The zero-order chi connectivity index (χ0) is 15.7. The van der Waals surface area contributed by atoms with Crippen LogP contribution in [-0.2, 0) is 19.2 Å². The number of carboxylic acid groups (broad SMARTS) is 2. The molecule has 22 heavy (non-hydrogen) atoms. The Hall–Kier alpha value is -1.08. The van der Waals surface area contributed by atoms with E-state index < -0.39 is 42.4 Å². The van der Waals surface area contributed by atoms with Crippen LogP contribution in [0.25, 0.3) is 0 Å². The molecule has 0 aromatic rings. The van der Waals surface area contributed by atoms with Crippen molar-refractivity contribution < 1.29 is 37.7 Å². The molecule has 0 aliphatic heterocycles. The fraction of sp³-hybridized carbons (Fsp3) is 0.600. The van der Waals surface area contributed by atoms with E-state index in [2.05, 4.69) is 23.3 Å². The molecular weight excluding hydrogens is 330 g/mol. The number of hydrogen-bond donors (Lipinski definition) is 6. The Labute approximate surface area is 151 Å². The molecule has 0 aliphatic rings. The minimum absolute atomic E-state index is 0. The molecule has 10 nitrogen and oxygen atoms in total. The number of aliphatic carboxylic acids is 2. The van der Waals surface area contributed by atoms with Crippen LogP contribution in [0.3, 0.4) is 0 Å². The van der Waals surface area contributed by atoms with Gasteiger partial charge in [0.25, 0.3) is 0 Å². The first kappa shape index (κ1) is 25.8. The minimum atomic E-state index is -1.22. The van der Waals surface area contributed by atoms with Gasteiger partial charge in [0.2, 0.25) is 11.8 Å². The summed E-state index contributed by atoms with van der Waals surface area (Å²) in [6.07, 6.45) is -0.235. The molecule has 0 saturated heterocycles. The summed E-state index contributed by atoms with van der Waals surface area (Å²) in [4.78, 5) is 43.7. The van der Waals surface area contributed by atoms with Crippen molar-refractivity contribution in [3.05, 3.63) is 0 Å². The summed E-state index contributed by atoms with van der Waals surface area (Å²) in [5.41, 5.74) is 5.23. The zero-order valence-electron chi connectivity index (χ0n) is 13.7. The van der Waals surface area contributed by atoms with Crippen molar-refractivity contribution in [2.24, 2.45) is 5.73 Å². The van der Waals surface area contributed by atoms with Gasteiger partial charge in [0.1, 0.15) is 18.6 Å². The van der Waals surface area contributed by atoms with E-state index in [1.165, 1.54) is 0 Å². The maximum atomic E-state index is 11.5.